The highest BCUT2D eigenvalue weighted by Crippen LogP contribution is 2.21. The predicted octanol–water partition coefficient (Wildman–Crippen LogP) is 4.42. The normalized spacial score (nSPS) is 15.2. The van der Waals surface area contributed by atoms with E-state index in [1.807, 2.05) is 18.2 Å². The van der Waals surface area contributed by atoms with Crippen molar-refractivity contribution in [3.8, 4) is 5.75 Å². The zero-order valence-electron chi connectivity index (χ0n) is 10.5. The SMILES string of the molecule is Cc1ccc(OCC=C=C2CCCCC2)cc1. The molecule has 17 heavy (non-hydrogen) atoms. The van der Waals surface area contributed by atoms with E-state index < -0.39 is 0 Å². The van der Waals surface area contributed by atoms with Gasteiger partial charge in [-0.15, -0.1) is 5.73 Å². The Kier molecular flexibility index (Phi) is 4.46. The molecule has 0 unspecified atom stereocenters. The largest absolute Gasteiger partial charge is 0.489 e. The number of rotatable bonds is 3. The number of hydrogen-bond donors (Lipinski definition) is 0. The molecule has 1 aromatic rings. The van der Waals surface area contributed by atoms with Crippen molar-refractivity contribution >= 4 is 0 Å². The van der Waals surface area contributed by atoms with Crippen LogP contribution in [0.4, 0.5) is 0 Å². The van der Waals surface area contributed by atoms with Crippen LogP contribution >= 0.6 is 0 Å². The zero-order chi connectivity index (χ0) is 11.9. The Hall–Kier alpha value is -1.46. The van der Waals surface area contributed by atoms with Crippen LogP contribution in [-0.2, 0) is 0 Å². The van der Waals surface area contributed by atoms with E-state index in [0.29, 0.717) is 6.61 Å². The smallest absolute Gasteiger partial charge is 0.119 e. The van der Waals surface area contributed by atoms with Crippen molar-refractivity contribution in [2.45, 2.75) is 39.0 Å². The van der Waals surface area contributed by atoms with Crippen LogP contribution in [-0.4, -0.2) is 6.61 Å². The molecule has 0 saturated heterocycles. The van der Waals surface area contributed by atoms with Gasteiger partial charge in [-0.1, -0.05) is 24.1 Å². The van der Waals surface area contributed by atoms with Gasteiger partial charge in [0, 0.05) is 0 Å². The van der Waals surface area contributed by atoms with Gasteiger partial charge in [-0.3, -0.25) is 0 Å². The molecule has 1 aliphatic carbocycles. The van der Waals surface area contributed by atoms with E-state index in [1.54, 1.807) is 0 Å². The number of hydrogen-bond acceptors (Lipinski definition) is 1. The quantitative estimate of drug-likeness (QED) is 0.696. The van der Waals surface area contributed by atoms with Gasteiger partial charge in [0.1, 0.15) is 12.4 Å². The number of aryl methyl sites for hydroxylation is 1. The second kappa shape index (κ2) is 6.32. The van der Waals surface area contributed by atoms with E-state index in [-0.39, 0.29) is 0 Å². The molecule has 90 valence electrons. The summed E-state index contributed by atoms with van der Waals surface area (Å²) in [6.45, 7) is 2.70. The molecular weight excluding hydrogens is 208 g/mol. The molecule has 1 nitrogen and oxygen atoms in total. The summed E-state index contributed by atoms with van der Waals surface area (Å²) in [7, 11) is 0. The molecule has 0 aromatic heterocycles. The molecule has 0 N–H and O–H groups in total. The summed E-state index contributed by atoms with van der Waals surface area (Å²) in [6.07, 6.45) is 8.50. The van der Waals surface area contributed by atoms with Gasteiger partial charge in [0.15, 0.2) is 0 Å². The fourth-order valence-electron chi connectivity index (χ4n) is 2.08. The Morgan fingerprint density at radius 3 is 2.53 bits per heavy atom. The van der Waals surface area contributed by atoms with E-state index >= 15 is 0 Å². The van der Waals surface area contributed by atoms with E-state index in [1.165, 1.54) is 43.2 Å². The molecule has 0 spiro atoms. The lowest BCUT2D eigenvalue weighted by Crippen LogP contribution is -1.94. The van der Waals surface area contributed by atoms with E-state index in [4.69, 9.17) is 4.74 Å². The highest BCUT2D eigenvalue weighted by atomic mass is 16.5. The highest BCUT2D eigenvalue weighted by molar-refractivity contribution is 5.26. The van der Waals surface area contributed by atoms with Crippen molar-refractivity contribution in [2.75, 3.05) is 6.61 Å². The van der Waals surface area contributed by atoms with E-state index in [2.05, 4.69) is 24.8 Å². The number of ether oxygens (including phenoxy) is 1. The Bertz CT molecular complexity index is 400. The van der Waals surface area contributed by atoms with Gasteiger partial charge in [-0.25, -0.2) is 0 Å². The van der Waals surface area contributed by atoms with Gasteiger partial charge in [0.2, 0.25) is 0 Å². The maximum absolute atomic E-state index is 5.62. The molecule has 0 aliphatic heterocycles. The minimum Gasteiger partial charge on any atom is -0.489 e. The molecule has 0 atom stereocenters. The van der Waals surface area contributed by atoms with Gasteiger partial charge < -0.3 is 4.74 Å². The molecule has 2 rings (SSSR count). The summed E-state index contributed by atoms with van der Waals surface area (Å²) in [4.78, 5) is 0. The van der Waals surface area contributed by atoms with E-state index in [0.717, 1.165) is 5.75 Å². The zero-order valence-corrected chi connectivity index (χ0v) is 10.5. The highest BCUT2D eigenvalue weighted by Gasteiger charge is 2.03. The molecule has 1 aliphatic rings. The van der Waals surface area contributed by atoms with Crippen molar-refractivity contribution in [2.24, 2.45) is 0 Å². The monoisotopic (exact) mass is 228 g/mol. The van der Waals surface area contributed by atoms with Crippen LogP contribution in [0.3, 0.4) is 0 Å². The molecule has 0 heterocycles. The lowest BCUT2D eigenvalue weighted by molar-refractivity contribution is 0.363. The van der Waals surface area contributed by atoms with Crippen molar-refractivity contribution in [1.29, 1.82) is 0 Å². The van der Waals surface area contributed by atoms with Gasteiger partial charge >= 0.3 is 0 Å². The van der Waals surface area contributed by atoms with Crippen molar-refractivity contribution in [3.63, 3.8) is 0 Å². The first-order valence-electron chi connectivity index (χ1n) is 6.47. The average Bonchev–Trinajstić information content (AvgIpc) is 2.38. The summed E-state index contributed by atoms with van der Waals surface area (Å²) in [5, 5.41) is 0. The first-order valence-corrected chi connectivity index (χ1v) is 6.47. The summed E-state index contributed by atoms with van der Waals surface area (Å²) in [6, 6.07) is 8.16. The lowest BCUT2D eigenvalue weighted by atomic mass is 9.96. The first kappa shape index (κ1) is 12.0. The van der Waals surface area contributed by atoms with Crippen LogP contribution in [0, 0.1) is 6.92 Å². The number of benzene rings is 1. The van der Waals surface area contributed by atoms with Crippen molar-refractivity contribution in [1.82, 2.24) is 0 Å². The summed E-state index contributed by atoms with van der Waals surface area (Å²) < 4.78 is 5.62. The summed E-state index contributed by atoms with van der Waals surface area (Å²) in [5.41, 5.74) is 6.09. The van der Waals surface area contributed by atoms with Crippen molar-refractivity contribution in [3.05, 3.63) is 47.2 Å². The fourth-order valence-corrected chi connectivity index (χ4v) is 2.08. The minimum absolute atomic E-state index is 0.618. The molecule has 0 radical (unpaired) electrons. The summed E-state index contributed by atoms with van der Waals surface area (Å²) >= 11 is 0. The molecule has 0 amide bonds. The lowest BCUT2D eigenvalue weighted by Gasteiger charge is -2.10. The van der Waals surface area contributed by atoms with Crippen LogP contribution in [0.5, 0.6) is 5.75 Å². The van der Waals surface area contributed by atoms with Crippen LogP contribution < -0.4 is 4.74 Å². The van der Waals surface area contributed by atoms with Crippen LogP contribution in [0.1, 0.15) is 37.7 Å². The first-order chi connectivity index (χ1) is 8.34. The molecule has 1 heteroatoms. The maximum Gasteiger partial charge on any atom is 0.119 e. The topological polar surface area (TPSA) is 9.23 Å². The second-order valence-electron chi connectivity index (χ2n) is 4.64. The Labute approximate surface area is 104 Å². The van der Waals surface area contributed by atoms with Gasteiger partial charge in [0.25, 0.3) is 0 Å². The Morgan fingerprint density at radius 1 is 1.12 bits per heavy atom. The fraction of sp³-hybridized carbons (Fsp3) is 0.438. The second-order valence-corrected chi connectivity index (χ2v) is 4.64. The minimum atomic E-state index is 0.618. The predicted molar refractivity (Wildman–Crippen MR) is 71.4 cm³/mol. The van der Waals surface area contributed by atoms with Crippen LogP contribution in [0.15, 0.2) is 41.6 Å². The van der Waals surface area contributed by atoms with Crippen LogP contribution in [0.2, 0.25) is 0 Å². The Balaban J connectivity index is 1.82. The average molecular weight is 228 g/mol. The molecule has 1 fully saturated rings. The van der Waals surface area contributed by atoms with Gasteiger partial charge in [-0.05, 0) is 56.4 Å². The molecule has 1 aromatic carbocycles. The third-order valence-electron chi connectivity index (χ3n) is 3.12. The van der Waals surface area contributed by atoms with Gasteiger partial charge in [0.05, 0.1) is 0 Å². The molecule has 1 saturated carbocycles. The van der Waals surface area contributed by atoms with Crippen molar-refractivity contribution < 1.29 is 4.74 Å². The van der Waals surface area contributed by atoms with Crippen LogP contribution in [0.25, 0.3) is 0 Å². The standard InChI is InChI=1S/C16H20O/c1-14-9-11-16(12-10-14)17-13-5-8-15-6-3-2-4-7-15/h5,9-12H,2-4,6-7,13H2,1H3. The molecule has 0 bridgehead atoms. The third kappa shape index (κ3) is 4.13. The third-order valence-corrected chi connectivity index (χ3v) is 3.12. The summed E-state index contributed by atoms with van der Waals surface area (Å²) in [5.74, 6) is 0.933. The van der Waals surface area contributed by atoms with Gasteiger partial charge in [-0.2, -0.15) is 0 Å². The Morgan fingerprint density at radius 2 is 1.82 bits per heavy atom. The maximum atomic E-state index is 5.62. The van der Waals surface area contributed by atoms with E-state index in [9.17, 15) is 0 Å². The molecular formula is C16H20O.